The van der Waals surface area contributed by atoms with Crippen molar-refractivity contribution in [1.29, 1.82) is 0 Å². The van der Waals surface area contributed by atoms with Crippen molar-refractivity contribution in [3.8, 4) is 0 Å². The van der Waals surface area contributed by atoms with Crippen LogP contribution in [-0.2, 0) is 4.74 Å². The molecule has 0 radical (unpaired) electrons. The van der Waals surface area contributed by atoms with Gasteiger partial charge in [0.1, 0.15) is 5.82 Å². The first-order chi connectivity index (χ1) is 9.70. The van der Waals surface area contributed by atoms with Crippen LogP contribution in [0, 0.1) is 5.82 Å². The Balaban J connectivity index is 1.81. The third-order valence-electron chi connectivity index (χ3n) is 3.52. The molecule has 5 heteroatoms. The molecule has 0 amide bonds. The van der Waals surface area contributed by atoms with E-state index in [4.69, 9.17) is 9.84 Å². The predicted molar refractivity (Wildman–Crippen MR) is 73.2 cm³/mol. The molecule has 0 aromatic heterocycles. The number of aliphatic hydroxyl groups is 1. The van der Waals surface area contributed by atoms with Crippen molar-refractivity contribution in [3.63, 3.8) is 0 Å². The molecule has 0 bridgehead atoms. The molecule has 0 spiro atoms. The number of hydrogen-bond acceptors (Lipinski definition) is 4. The van der Waals surface area contributed by atoms with Gasteiger partial charge in [-0.05, 0) is 25.0 Å². The lowest BCUT2D eigenvalue weighted by Gasteiger charge is -2.31. The molecule has 1 N–H and O–H groups in total. The van der Waals surface area contributed by atoms with Crippen molar-refractivity contribution in [2.75, 3.05) is 32.8 Å². The molecule has 2 rings (SSSR count). The van der Waals surface area contributed by atoms with Gasteiger partial charge < -0.3 is 9.84 Å². The van der Waals surface area contributed by atoms with Crippen LogP contribution in [0.5, 0.6) is 0 Å². The first-order valence-corrected chi connectivity index (χ1v) is 6.93. The number of likely N-dealkylation sites (tertiary alicyclic amines) is 1. The Labute approximate surface area is 118 Å². The molecule has 0 unspecified atom stereocenters. The smallest absolute Gasteiger partial charge is 0.179 e. The van der Waals surface area contributed by atoms with E-state index in [0.717, 1.165) is 25.9 Å². The Hall–Kier alpha value is -1.30. The van der Waals surface area contributed by atoms with Crippen LogP contribution in [0.4, 0.5) is 4.39 Å². The van der Waals surface area contributed by atoms with Gasteiger partial charge in [-0.15, -0.1) is 0 Å². The molecule has 1 aromatic rings. The van der Waals surface area contributed by atoms with Gasteiger partial charge in [-0.3, -0.25) is 9.69 Å². The summed E-state index contributed by atoms with van der Waals surface area (Å²) in [5.74, 6) is -0.642. The summed E-state index contributed by atoms with van der Waals surface area (Å²) < 4.78 is 19.0. The van der Waals surface area contributed by atoms with Gasteiger partial charge in [0.2, 0.25) is 0 Å². The molecule has 4 nitrogen and oxygen atoms in total. The highest BCUT2D eigenvalue weighted by Crippen LogP contribution is 2.15. The van der Waals surface area contributed by atoms with Gasteiger partial charge >= 0.3 is 0 Å². The standard InChI is InChI=1S/C15H20FNO3/c16-14-4-2-1-3-13(14)15(19)11-17-7-5-12(6-8-17)20-10-9-18/h1-4,12,18H,5-11H2. The number of ether oxygens (including phenoxy) is 1. The summed E-state index contributed by atoms with van der Waals surface area (Å²) in [6, 6.07) is 6.08. The van der Waals surface area contributed by atoms with E-state index in [-0.39, 0.29) is 30.6 Å². The summed E-state index contributed by atoms with van der Waals surface area (Å²) in [7, 11) is 0. The highest BCUT2D eigenvalue weighted by atomic mass is 19.1. The minimum absolute atomic E-state index is 0.0337. The topological polar surface area (TPSA) is 49.8 Å². The van der Waals surface area contributed by atoms with Crippen molar-refractivity contribution >= 4 is 5.78 Å². The van der Waals surface area contributed by atoms with Crippen molar-refractivity contribution in [2.24, 2.45) is 0 Å². The summed E-state index contributed by atoms with van der Waals surface area (Å²) in [5, 5.41) is 8.70. The molecule has 1 saturated heterocycles. The van der Waals surface area contributed by atoms with Gasteiger partial charge in [-0.25, -0.2) is 4.39 Å². The Kier molecular flexibility index (Phi) is 5.64. The average Bonchev–Trinajstić information content (AvgIpc) is 2.47. The summed E-state index contributed by atoms with van der Waals surface area (Å²) in [6.07, 6.45) is 1.83. The highest BCUT2D eigenvalue weighted by Gasteiger charge is 2.22. The Bertz CT molecular complexity index is 444. The summed E-state index contributed by atoms with van der Waals surface area (Å²) in [5.41, 5.74) is 0.158. The van der Waals surface area contributed by atoms with Gasteiger partial charge in [-0.2, -0.15) is 0 Å². The van der Waals surface area contributed by atoms with Crippen molar-refractivity contribution < 1.29 is 19.0 Å². The van der Waals surface area contributed by atoms with Crippen LogP contribution >= 0.6 is 0 Å². The lowest BCUT2D eigenvalue weighted by molar-refractivity contribution is -0.00691. The van der Waals surface area contributed by atoms with Gasteiger partial charge in [0.05, 0.1) is 31.4 Å². The molecule has 0 saturated carbocycles. The van der Waals surface area contributed by atoms with E-state index in [9.17, 15) is 9.18 Å². The third-order valence-corrected chi connectivity index (χ3v) is 3.52. The number of hydrogen-bond donors (Lipinski definition) is 1. The van der Waals surface area contributed by atoms with Crippen molar-refractivity contribution in [1.82, 2.24) is 4.90 Å². The molecular formula is C15H20FNO3. The summed E-state index contributed by atoms with van der Waals surface area (Å²) in [4.78, 5) is 14.1. The van der Waals surface area contributed by atoms with Gasteiger partial charge in [0.15, 0.2) is 5.78 Å². The van der Waals surface area contributed by atoms with Crippen LogP contribution in [0.1, 0.15) is 23.2 Å². The fourth-order valence-corrected chi connectivity index (χ4v) is 2.43. The maximum Gasteiger partial charge on any atom is 0.179 e. The monoisotopic (exact) mass is 281 g/mol. The van der Waals surface area contributed by atoms with E-state index in [0.29, 0.717) is 6.61 Å². The predicted octanol–water partition coefficient (Wildman–Crippen LogP) is 1.48. The fraction of sp³-hybridized carbons (Fsp3) is 0.533. The second-order valence-corrected chi connectivity index (χ2v) is 4.97. The average molecular weight is 281 g/mol. The largest absolute Gasteiger partial charge is 0.394 e. The van der Waals surface area contributed by atoms with Crippen LogP contribution in [0.25, 0.3) is 0 Å². The zero-order chi connectivity index (χ0) is 14.4. The Morgan fingerprint density at radius 3 is 2.70 bits per heavy atom. The highest BCUT2D eigenvalue weighted by molar-refractivity contribution is 5.97. The minimum Gasteiger partial charge on any atom is -0.394 e. The number of Topliss-reactive ketones (excluding diaryl/α,β-unsaturated/α-hetero) is 1. The zero-order valence-corrected chi connectivity index (χ0v) is 11.4. The summed E-state index contributed by atoms with van der Waals surface area (Å²) in [6.45, 7) is 2.16. The maximum absolute atomic E-state index is 13.5. The fourth-order valence-electron chi connectivity index (χ4n) is 2.43. The molecule has 20 heavy (non-hydrogen) atoms. The van der Waals surface area contributed by atoms with Crippen LogP contribution in [0.15, 0.2) is 24.3 Å². The molecule has 1 fully saturated rings. The number of nitrogens with zero attached hydrogens (tertiary/aromatic N) is 1. The van der Waals surface area contributed by atoms with Gasteiger partial charge in [0, 0.05) is 13.1 Å². The van der Waals surface area contributed by atoms with Crippen molar-refractivity contribution in [3.05, 3.63) is 35.6 Å². The Morgan fingerprint density at radius 2 is 2.05 bits per heavy atom. The third kappa shape index (κ3) is 4.10. The molecule has 110 valence electrons. The maximum atomic E-state index is 13.5. The molecule has 0 atom stereocenters. The van der Waals surface area contributed by atoms with Crippen LogP contribution in [0.2, 0.25) is 0 Å². The number of carbonyl (C=O) groups excluding carboxylic acids is 1. The van der Waals surface area contributed by atoms with E-state index in [1.807, 2.05) is 4.90 Å². The summed E-state index contributed by atoms with van der Waals surface area (Å²) >= 11 is 0. The lowest BCUT2D eigenvalue weighted by atomic mass is 10.1. The molecule has 1 heterocycles. The quantitative estimate of drug-likeness (QED) is 0.803. The number of piperidine rings is 1. The SMILES string of the molecule is O=C(CN1CCC(OCCO)CC1)c1ccccc1F. The molecule has 1 aliphatic rings. The van der Waals surface area contributed by atoms with Gasteiger partial charge in [0.25, 0.3) is 0 Å². The number of carbonyl (C=O) groups is 1. The van der Waals surface area contributed by atoms with E-state index in [2.05, 4.69) is 0 Å². The van der Waals surface area contributed by atoms with E-state index in [1.54, 1.807) is 12.1 Å². The van der Waals surface area contributed by atoms with Crippen LogP contribution < -0.4 is 0 Å². The number of aliphatic hydroxyl groups excluding tert-OH is 1. The molecular weight excluding hydrogens is 261 g/mol. The number of rotatable bonds is 6. The van der Waals surface area contributed by atoms with Gasteiger partial charge in [-0.1, -0.05) is 12.1 Å². The van der Waals surface area contributed by atoms with E-state index >= 15 is 0 Å². The molecule has 1 aromatic carbocycles. The van der Waals surface area contributed by atoms with Crippen LogP contribution in [-0.4, -0.2) is 54.7 Å². The molecule has 1 aliphatic heterocycles. The van der Waals surface area contributed by atoms with E-state index < -0.39 is 5.82 Å². The van der Waals surface area contributed by atoms with Crippen LogP contribution in [0.3, 0.4) is 0 Å². The second-order valence-electron chi connectivity index (χ2n) is 4.97. The van der Waals surface area contributed by atoms with E-state index in [1.165, 1.54) is 12.1 Å². The number of ketones is 1. The molecule has 0 aliphatic carbocycles. The normalized spacial score (nSPS) is 17.3. The second kappa shape index (κ2) is 7.47. The zero-order valence-electron chi connectivity index (χ0n) is 11.4. The number of benzene rings is 1. The Morgan fingerprint density at radius 1 is 1.35 bits per heavy atom. The minimum atomic E-state index is -0.460. The number of halogens is 1. The first-order valence-electron chi connectivity index (χ1n) is 6.93. The lowest BCUT2D eigenvalue weighted by Crippen LogP contribution is -2.40. The van der Waals surface area contributed by atoms with Crippen molar-refractivity contribution in [2.45, 2.75) is 18.9 Å². The first kappa shape index (κ1) is 15.1.